The van der Waals surface area contributed by atoms with Crippen molar-refractivity contribution in [3.05, 3.63) is 26.7 Å². The maximum absolute atomic E-state index is 6.16. The Balaban J connectivity index is 1.84. The smallest absolute Gasteiger partial charge is 0.139 e. The standard InChI is InChI=1S/C15H20BrCl2NO/c1-10(9-19-11-5-3-2-4-6-11)20-15-8-13(17)12(16)7-14(15)18/h7-8,10-11,19H,2-6,9H2,1H3. The van der Waals surface area contributed by atoms with Gasteiger partial charge in [0.2, 0.25) is 0 Å². The number of benzene rings is 1. The van der Waals surface area contributed by atoms with Gasteiger partial charge >= 0.3 is 0 Å². The molecule has 0 spiro atoms. The summed E-state index contributed by atoms with van der Waals surface area (Å²) in [6.45, 7) is 2.87. The molecule has 1 atom stereocenters. The van der Waals surface area contributed by atoms with Crippen molar-refractivity contribution in [1.82, 2.24) is 5.32 Å². The Bertz CT molecular complexity index is 450. The molecule has 1 fully saturated rings. The summed E-state index contributed by atoms with van der Waals surface area (Å²) in [7, 11) is 0. The van der Waals surface area contributed by atoms with Gasteiger partial charge in [-0.25, -0.2) is 0 Å². The van der Waals surface area contributed by atoms with E-state index < -0.39 is 0 Å². The van der Waals surface area contributed by atoms with Gasteiger partial charge in [-0.2, -0.15) is 0 Å². The minimum Gasteiger partial charge on any atom is -0.488 e. The van der Waals surface area contributed by atoms with Crippen LogP contribution in [0.3, 0.4) is 0 Å². The summed E-state index contributed by atoms with van der Waals surface area (Å²) in [5, 5.41) is 4.76. The third-order valence-corrected chi connectivity index (χ3v) is 5.09. The predicted molar refractivity (Wildman–Crippen MR) is 89.1 cm³/mol. The fraction of sp³-hybridized carbons (Fsp3) is 0.600. The van der Waals surface area contributed by atoms with E-state index in [4.69, 9.17) is 27.9 Å². The largest absolute Gasteiger partial charge is 0.488 e. The molecule has 0 saturated heterocycles. The molecule has 2 nitrogen and oxygen atoms in total. The Morgan fingerprint density at radius 3 is 2.65 bits per heavy atom. The lowest BCUT2D eigenvalue weighted by molar-refractivity contribution is 0.205. The Kier molecular flexibility index (Phi) is 6.47. The molecule has 2 rings (SSSR count). The minimum atomic E-state index is 0.0617. The van der Waals surface area contributed by atoms with Crippen LogP contribution in [0.5, 0.6) is 5.75 Å². The first-order valence-electron chi connectivity index (χ1n) is 7.11. The van der Waals surface area contributed by atoms with Crippen molar-refractivity contribution in [2.75, 3.05) is 6.54 Å². The zero-order valence-electron chi connectivity index (χ0n) is 11.6. The van der Waals surface area contributed by atoms with Gasteiger partial charge in [0.1, 0.15) is 11.9 Å². The van der Waals surface area contributed by atoms with Crippen molar-refractivity contribution >= 4 is 39.1 Å². The van der Waals surface area contributed by atoms with Crippen LogP contribution >= 0.6 is 39.1 Å². The molecule has 0 aliphatic heterocycles. The molecule has 0 amide bonds. The summed E-state index contributed by atoms with van der Waals surface area (Å²) in [4.78, 5) is 0. The molecule has 1 aromatic carbocycles. The first-order chi connectivity index (χ1) is 9.56. The molecule has 1 aliphatic rings. The first kappa shape index (κ1) is 16.4. The normalized spacial score (nSPS) is 18.0. The van der Waals surface area contributed by atoms with Gasteiger partial charge in [0.15, 0.2) is 0 Å². The topological polar surface area (TPSA) is 21.3 Å². The second-order valence-corrected chi connectivity index (χ2v) is 7.04. The Morgan fingerprint density at radius 1 is 1.25 bits per heavy atom. The van der Waals surface area contributed by atoms with Crippen LogP contribution in [0, 0.1) is 0 Å². The lowest BCUT2D eigenvalue weighted by atomic mass is 9.95. The molecule has 1 unspecified atom stereocenters. The maximum Gasteiger partial charge on any atom is 0.139 e. The van der Waals surface area contributed by atoms with E-state index in [1.807, 2.05) is 6.92 Å². The molecular weight excluding hydrogens is 361 g/mol. The lowest BCUT2D eigenvalue weighted by Gasteiger charge is -2.25. The van der Waals surface area contributed by atoms with Gasteiger partial charge in [-0.3, -0.25) is 0 Å². The fourth-order valence-electron chi connectivity index (χ4n) is 2.49. The molecule has 20 heavy (non-hydrogen) atoms. The Morgan fingerprint density at radius 2 is 1.95 bits per heavy atom. The molecular formula is C15H20BrCl2NO. The molecule has 0 heterocycles. The third-order valence-electron chi connectivity index (χ3n) is 3.60. The van der Waals surface area contributed by atoms with E-state index in [-0.39, 0.29) is 6.10 Å². The number of ether oxygens (including phenoxy) is 1. The van der Waals surface area contributed by atoms with Gasteiger partial charge in [-0.1, -0.05) is 42.5 Å². The molecule has 1 aliphatic carbocycles. The van der Waals surface area contributed by atoms with Crippen LogP contribution in [0.4, 0.5) is 0 Å². The van der Waals surface area contributed by atoms with Crippen molar-refractivity contribution in [1.29, 1.82) is 0 Å². The van der Waals surface area contributed by atoms with Crippen molar-refractivity contribution < 1.29 is 4.74 Å². The van der Waals surface area contributed by atoms with Gasteiger partial charge in [0.05, 0.1) is 10.0 Å². The summed E-state index contributed by atoms with van der Waals surface area (Å²) in [5.41, 5.74) is 0. The van der Waals surface area contributed by atoms with E-state index in [1.54, 1.807) is 12.1 Å². The van der Waals surface area contributed by atoms with Crippen molar-refractivity contribution in [3.63, 3.8) is 0 Å². The number of rotatable bonds is 5. The second-order valence-electron chi connectivity index (χ2n) is 5.37. The van der Waals surface area contributed by atoms with Gasteiger partial charge in [0, 0.05) is 23.1 Å². The molecule has 1 saturated carbocycles. The van der Waals surface area contributed by atoms with Crippen LogP contribution in [0.2, 0.25) is 10.0 Å². The highest BCUT2D eigenvalue weighted by Gasteiger charge is 2.15. The van der Waals surface area contributed by atoms with Crippen molar-refractivity contribution in [2.24, 2.45) is 0 Å². The van der Waals surface area contributed by atoms with Crippen LogP contribution in [0.25, 0.3) is 0 Å². The minimum absolute atomic E-state index is 0.0617. The average molecular weight is 381 g/mol. The molecule has 1 aromatic rings. The number of nitrogens with one attached hydrogen (secondary N) is 1. The summed E-state index contributed by atoms with van der Waals surface area (Å²) < 4.78 is 6.65. The van der Waals surface area contributed by atoms with Crippen LogP contribution in [0.15, 0.2) is 16.6 Å². The van der Waals surface area contributed by atoms with Gasteiger partial charge in [0.25, 0.3) is 0 Å². The van der Waals surface area contributed by atoms with Gasteiger partial charge in [-0.15, -0.1) is 0 Å². The predicted octanol–water partition coefficient (Wildman–Crippen LogP) is 5.45. The molecule has 5 heteroatoms. The fourth-order valence-corrected chi connectivity index (χ4v) is 3.33. The highest BCUT2D eigenvalue weighted by atomic mass is 79.9. The summed E-state index contributed by atoms with van der Waals surface area (Å²) in [5.74, 6) is 0.637. The molecule has 0 bridgehead atoms. The van der Waals surface area contributed by atoms with Crippen LogP contribution in [-0.4, -0.2) is 18.7 Å². The van der Waals surface area contributed by atoms with E-state index in [1.165, 1.54) is 32.1 Å². The number of hydrogen-bond donors (Lipinski definition) is 1. The summed E-state index contributed by atoms with van der Waals surface area (Å²) in [6.07, 6.45) is 6.65. The highest BCUT2D eigenvalue weighted by Crippen LogP contribution is 2.34. The summed E-state index contributed by atoms with van der Waals surface area (Å²) >= 11 is 15.6. The van der Waals surface area contributed by atoms with Crippen LogP contribution in [0.1, 0.15) is 39.0 Å². The van der Waals surface area contributed by atoms with E-state index in [9.17, 15) is 0 Å². The van der Waals surface area contributed by atoms with Crippen molar-refractivity contribution in [2.45, 2.75) is 51.2 Å². The average Bonchev–Trinajstić information content (AvgIpc) is 2.44. The van der Waals surface area contributed by atoms with E-state index >= 15 is 0 Å². The molecule has 0 radical (unpaired) electrons. The molecule has 112 valence electrons. The van der Waals surface area contributed by atoms with E-state index in [2.05, 4.69) is 21.2 Å². The lowest BCUT2D eigenvalue weighted by Crippen LogP contribution is -2.37. The molecule has 1 N–H and O–H groups in total. The molecule has 0 aromatic heterocycles. The highest BCUT2D eigenvalue weighted by molar-refractivity contribution is 9.10. The Hall–Kier alpha value is 0.0400. The number of halogens is 3. The van der Waals surface area contributed by atoms with Crippen LogP contribution in [-0.2, 0) is 0 Å². The quantitative estimate of drug-likeness (QED) is 0.686. The van der Waals surface area contributed by atoms with E-state index in [0.717, 1.165) is 11.0 Å². The Labute approximate surface area is 139 Å². The second kappa shape index (κ2) is 7.88. The van der Waals surface area contributed by atoms with Crippen molar-refractivity contribution in [3.8, 4) is 5.75 Å². The number of hydrogen-bond acceptors (Lipinski definition) is 2. The third kappa shape index (κ3) is 4.80. The monoisotopic (exact) mass is 379 g/mol. The van der Waals surface area contributed by atoms with Crippen LogP contribution < -0.4 is 10.1 Å². The zero-order valence-corrected chi connectivity index (χ0v) is 14.7. The van der Waals surface area contributed by atoms with E-state index in [0.29, 0.717) is 21.8 Å². The van der Waals surface area contributed by atoms with Gasteiger partial charge < -0.3 is 10.1 Å². The van der Waals surface area contributed by atoms with Gasteiger partial charge in [-0.05, 0) is 41.8 Å². The SMILES string of the molecule is CC(CNC1CCCCC1)Oc1cc(Cl)c(Br)cc1Cl. The first-order valence-corrected chi connectivity index (χ1v) is 8.65. The summed E-state index contributed by atoms with van der Waals surface area (Å²) in [6, 6.07) is 4.16. The zero-order chi connectivity index (χ0) is 14.5. The maximum atomic E-state index is 6.16.